The van der Waals surface area contributed by atoms with Gasteiger partial charge < -0.3 is 5.73 Å². The second-order valence-corrected chi connectivity index (χ2v) is 6.20. The van der Waals surface area contributed by atoms with Gasteiger partial charge in [0, 0.05) is 14.6 Å². The molecule has 1 atom stereocenters. The highest BCUT2D eigenvalue weighted by atomic mass is 127. The van der Waals surface area contributed by atoms with Gasteiger partial charge in [-0.15, -0.1) is 0 Å². The van der Waals surface area contributed by atoms with Gasteiger partial charge in [0.05, 0.1) is 0 Å². The standard InChI is InChI=1S/C13H19ClIN/c1-9(2)4-3-5-13(16)11-8-10(14)6-7-12(11)15/h6-9,13H,3-5,16H2,1-2H3. The predicted molar refractivity (Wildman–Crippen MR) is 79.8 cm³/mol. The fourth-order valence-corrected chi connectivity index (χ4v) is 2.62. The van der Waals surface area contributed by atoms with Crippen molar-refractivity contribution in [3.63, 3.8) is 0 Å². The van der Waals surface area contributed by atoms with Crippen molar-refractivity contribution < 1.29 is 0 Å². The van der Waals surface area contributed by atoms with Crippen LogP contribution in [0.1, 0.15) is 44.7 Å². The smallest absolute Gasteiger partial charge is 0.0410 e. The fraction of sp³-hybridized carbons (Fsp3) is 0.538. The molecule has 2 N–H and O–H groups in total. The van der Waals surface area contributed by atoms with Gasteiger partial charge in [0.25, 0.3) is 0 Å². The molecule has 1 aromatic rings. The lowest BCUT2D eigenvalue weighted by Crippen LogP contribution is -2.12. The minimum Gasteiger partial charge on any atom is -0.324 e. The first kappa shape index (κ1) is 14.3. The van der Waals surface area contributed by atoms with Gasteiger partial charge in [-0.25, -0.2) is 0 Å². The van der Waals surface area contributed by atoms with Crippen molar-refractivity contribution in [2.75, 3.05) is 0 Å². The van der Waals surface area contributed by atoms with E-state index in [1.54, 1.807) is 0 Å². The summed E-state index contributed by atoms with van der Waals surface area (Å²) in [6.07, 6.45) is 3.46. The maximum absolute atomic E-state index is 6.19. The van der Waals surface area contributed by atoms with Crippen LogP contribution in [0.15, 0.2) is 18.2 Å². The third-order valence-electron chi connectivity index (χ3n) is 2.65. The van der Waals surface area contributed by atoms with E-state index in [2.05, 4.69) is 36.4 Å². The summed E-state index contributed by atoms with van der Waals surface area (Å²) in [5.74, 6) is 0.755. The zero-order valence-electron chi connectivity index (χ0n) is 9.84. The molecule has 90 valence electrons. The summed E-state index contributed by atoms with van der Waals surface area (Å²) in [6.45, 7) is 4.49. The molecule has 1 aromatic carbocycles. The topological polar surface area (TPSA) is 26.0 Å². The van der Waals surface area contributed by atoms with Gasteiger partial charge in [0.2, 0.25) is 0 Å². The molecule has 0 amide bonds. The van der Waals surface area contributed by atoms with E-state index in [0.717, 1.165) is 17.4 Å². The zero-order valence-corrected chi connectivity index (χ0v) is 12.8. The third kappa shape index (κ3) is 4.60. The van der Waals surface area contributed by atoms with Crippen LogP contribution in [0.25, 0.3) is 0 Å². The lowest BCUT2D eigenvalue weighted by atomic mass is 9.99. The van der Waals surface area contributed by atoms with Crippen LogP contribution in [0.3, 0.4) is 0 Å². The first-order valence-corrected chi connectivity index (χ1v) is 7.17. The molecule has 0 aromatic heterocycles. The number of rotatable bonds is 5. The lowest BCUT2D eigenvalue weighted by molar-refractivity contribution is 0.505. The van der Waals surface area contributed by atoms with Crippen molar-refractivity contribution in [1.29, 1.82) is 0 Å². The van der Waals surface area contributed by atoms with Crippen LogP contribution in [-0.4, -0.2) is 0 Å². The average molecular weight is 352 g/mol. The van der Waals surface area contributed by atoms with Crippen LogP contribution in [0.2, 0.25) is 5.02 Å². The number of hydrogen-bond donors (Lipinski definition) is 1. The van der Waals surface area contributed by atoms with E-state index in [4.69, 9.17) is 17.3 Å². The monoisotopic (exact) mass is 351 g/mol. The van der Waals surface area contributed by atoms with E-state index in [1.807, 2.05) is 18.2 Å². The van der Waals surface area contributed by atoms with Crippen LogP contribution >= 0.6 is 34.2 Å². The Bertz CT molecular complexity index is 339. The van der Waals surface area contributed by atoms with Crippen LogP contribution in [-0.2, 0) is 0 Å². The minimum atomic E-state index is 0.115. The highest BCUT2D eigenvalue weighted by Crippen LogP contribution is 2.26. The second kappa shape index (κ2) is 6.82. The highest BCUT2D eigenvalue weighted by molar-refractivity contribution is 14.1. The molecule has 0 aliphatic heterocycles. The lowest BCUT2D eigenvalue weighted by Gasteiger charge is -2.15. The molecule has 1 rings (SSSR count). The molecular weight excluding hydrogens is 333 g/mol. The number of benzene rings is 1. The Morgan fingerprint density at radius 3 is 2.62 bits per heavy atom. The van der Waals surface area contributed by atoms with Crippen LogP contribution in [0, 0.1) is 9.49 Å². The van der Waals surface area contributed by atoms with E-state index in [0.29, 0.717) is 0 Å². The Morgan fingerprint density at radius 1 is 1.31 bits per heavy atom. The second-order valence-electron chi connectivity index (χ2n) is 4.60. The summed E-state index contributed by atoms with van der Waals surface area (Å²) in [5, 5.41) is 0.773. The Morgan fingerprint density at radius 2 is 2.00 bits per heavy atom. The van der Waals surface area contributed by atoms with E-state index in [9.17, 15) is 0 Å². The predicted octanol–water partition coefficient (Wildman–Crippen LogP) is 4.77. The van der Waals surface area contributed by atoms with Crippen molar-refractivity contribution in [3.8, 4) is 0 Å². The molecule has 0 aliphatic rings. The van der Waals surface area contributed by atoms with Crippen LogP contribution < -0.4 is 5.73 Å². The maximum Gasteiger partial charge on any atom is 0.0410 e. The van der Waals surface area contributed by atoms with Gasteiger partial charge in [-0.3, -0.25) is 0 Å². The van der Waals surface area contributed by atoms with Gasteiger partial charge >= 0.3 is 0 Å². The summed E-state index contributed by atoms with van der Waals surface area (Å²) in [5.41, 5.74) is 7.37. The molecule has 0 spiro atoms. The molecule has 1 unspecified atom stereocenters. The molecular formula is C13H19ClIN. The van der Waals surface area contributed by atoms with Crippen molar-refractivity contribution >= 4 is 34.2 Å². The largest absolute Gasteiger partial charge is 0.324 e. The van der Waals surface area contributed by atoms with Crippen molar-refractivity contribution in [2.45, 2.75) is 39.2 Å². The normalized spacial score (nSPS) is 13.1. The van der Waals surface area contributed by atoms with E-state index in [1.165, 1.54) is 22.0 Å². The molecule has 3 heteroatoms. The van der Waals surface area contributed by atoms with Crippen LogP contribution in [0.5, 0.6) is 0 Å². The summed E-state index contributed by atoms with van der Waals surface area (Å²) < 4.78 is 1.21. The van der Waals surface area contributed by atoms with Gasteiger partial charge in [0.1, 0.15) is 0 Å². The van der Waals surface area contributed by atoms with Crippen LogP contribution in [0.4, 0.5) is 0 Å². The summed E-state index contributed by atoms with van der Waals surface area (Å²) in [6, 6.07) is 6.04. The van der Waals surface area contributed by atoms with Crippen molar-refractivity contribution in [1.82, 2.24) is 0 Å². The number of halogens is 2. The van der Waals surface area contributed by atoms with Crippen molar-refractivity contribution in [2.24, 2.45) is 11.7 Å². The summed E-state index contributed by atoms with van der Waals surface area (Å²) in [7, 11) is 0. The van der Waals surface area contributed by atoms with Gasteiger partial charge in [-0.05, 0) is 58.7 Å². The molecule has 0 aliphatic carbocycles. The molecule has 0 bridgehead atoms. The Hall–Kier alpha value is 0.200. The summed E-state index contributed by atoms with van der Waals surface area (Å²) in [4.78, 5) is 0. The van der Waals surface area contributed by atoms with E-state index < -0.39 is 0 Å². The average Bonchev–Trinajstić information content (AvgIpc) is 2.21. The Balaban J connectivity index is 2.58. The molecule has 0 heterocycles. The first-order chi connectivity index (χ1) is 7.50. The van der Waals surface area contributed by atoms with E-state index in [-0.39, 0.29) is 6.04 Å². The third-order valence-corrected chi connectivity index (χ3v) is 3.87. The van der Waals surface area contributed by atoms with Gasteiger partial charge in [-0.2, -0.15) is 0 Å². The molecule has 1 nitrogen and oxygen atoms in total. The summed E-state index contributed by atoms with van der Waals surface area (Å²) >= 11 is 8.31. The molecule has 16 heavy (non-hydrogen) atoms. The van der Waals surface area contributed by atoms with Gasteiger partial charge in [-0.1, -0.05) is 38.3 Å². The Labute approximate surface area is 117 Å². The van der Waals surface area contributed by atoms with Gasteiger partial charge in [0.15, 0.2) is 0 Å². The maximum atomic E-state index is 6.19. The SMILES string of the molecule is CC(C)CCCC(N)c1cc(Cl)ccc1I. The number of nitrogens with two attached hydrogens (primary N) is 1. The molecule has 0 saturated carbocycles. The Kier molecular flexibility index (Phi) is 6.08. The highest BCUT2D eigenvalue weighted by Gasteiger charge is 2.10. The first-order valence-electron chi connectivity index (χ1n) is 5.71. The quantitative estimate of drug-likeness (QED) is 0.760. The molecule has 0 saturated heterocycles. The molecule has 0 fully saturated rings. The fourth-order valence-electron chi connectivity index (χ4n) is 1.70. The zero-order chi connectivity index (χ0) is 12.1. The van der Waals surface area contributed by atoms with Crippen molar-refractivity contribution in [3.05, 3.63) is 32.4 Å². The minimum absolute atomic E-state index is 0.115. The number of hydrogen-bond acceptors (Lipinski definition) is 1. The van der Waals surface area contributed by atoms with E-state index >= 15 is 0 Å². The molecule has 0 radical (unpaired) electrons.